The van der Waals surface area contributed by atoms with E-state index in [1.807, 2.05) is 42.5 Å². The van der Waals surface area contributed by atoms with Crippen LogP contribution in [0.15, 0.2) is 65.3 Å². The third-order valence-corrected chi connectivity index (χ3v) is 3.89. The van der Waals surface area contributed by atoms with Crippen molar-refractivity contribution < 1.29 is 13.9 Å². The summed E-state index contributed by atoms with van der Waals surface area (Å²) in [5.74, 6) is 2.09. The third-order valence-electron chi connectivity index (χ3n) is 3.89. The number of hydrogen-bond acceptors (Lipinski definition) is 7. The van der Waals surface area contributed by atoms with Crippen LogP contribution in [0.4, 0.5) is 0 Å². The van der Waals surface area contributed by atoms with Crippen LogP contribution in [0.25, 0.3) is 11.5 Å². The first kappa shape index (κ1) is 16.8. The Kier molecular flexibility index (Phi) is 4.78. The van der Waals surface area contributed by atoms with Crippen molar-refractivity contribution in [2.45, 2.75) is 13.2 Å². The lowest BCUT2D eigenvalue weighted by Gasteiger charge is -2.10. The number of rotatable bonds is 7. The van der Waals surface area contributed by atoms with Gasteiger partial charge in [0.15, 0.2) is 0 Å². The molecule has 4 aromatic rings. The summed E-state index contributed by atoms with van der Waals surface area (Å²) in [6.07, 6.45) is 3.32. The van der Waals surface area contributed by atoms with E-state index in [0.717, 1.165) is 5.56 Å². The number of aromatic nitrogens is 5. The zero-order valence-corrected chi connectivity index (χ0v) is 14.6. The molecule has 27 heavy (non-hydrogen) atoms. The molecule has 8 nitrogen and oxygen atoms in total. The highest BCUT2D eigenvalue weighted by atomic mass is 16.5. The Balaban J connectivity index is 1.50. The average Bonchev–Trinajstić information content (AvgIpc) is 3.39. The minimum Gasteiger partial charge on any atom is -0.496 e. The molecule has 0 atom stereocenters. The lowest BCUT2D eigenvalue weighted by Crippen LogP contribution is -2.00. The van der Waals surface area contributed by atoms with Crippen LogP contribution in [-0.4, -0.2) is 32.3 Å². The summed E-state index contributed by atoms with van der Waals surface area (Å²) in [5, 5.41) is 15.8. The highest BCUT2D eigenvalue weighted by molar-refractivity contribution is 5.64. The summed E-state index contributed by atoms with van der Waals surface area (Å²) in [6.45, 7) is 0.833. The fourth-order valence-corrected chi connectivity index (χ4v) is 2.56. The topological polar surface area (TPSA) is 88.1 Å². The zero-order chi connectivity index (χ0) is 18.5. The molecule has 2 aromatic carbocycles. The summed E-state index contributed by atoms with van der Waals surface area (Å²) in [6, 6.07) is 15.5. The average molecular weight is 363 g/mol. The summed E-state index contributed by atoms with van der Waals surface area (Å²) >= 11 is 0. The maximum atomic E-state index is 5.84. The molecule has 0 spiro atoms. The normalized spacial score (nSPS) is 10.7. The van der Waals surface area contributed by atoms with Gasteiger partial charge in [-0.15, -0.1) is 15.3 Å². The monoisotopic (exact) mass is 363 g/mol. The maximum absolute atomic E-state index is 5.84. The number of ether oxygens (including phenoxy) is 2. The van der Waals surface area contributed by atoms with E-state index in [4.69, 9.17) is 13.9 Å². The quantitative estimate of drug-likeness (QED) is 0.499. The van der Waals surface area contributed by atoms with Crippen molar-refractivity contribution in [3.8, 4) is 23.0 Å². The minimum absolute atomic E-state index is 0.355. The predicted molar refractivity (Wildman–Crippen MR) is 96.2 cm³/mol. The molecule has 2 aromatic heterocycles. The molecule has 0 aliphatic heterocycles. The van der Waals surface area contributed by atoms with Crippen LogP contribution >= 0.6 is 0 Å². The second-order valence-electron chi connectivity index (χ2n) is 5.74. The van der Waals surface area contributed by atoms with Gasteiger partial charge in [-0.2, -0.15) is 0 Å². The van der Waals surface area contributed by atoms with Crippen molar-refractivity contribution >= 4 is 0 Å². The fraction of sp³-hybridized carbons (Fsp3) is 0.158. The van der Waals surface area contributed by atoms with Crippen molar-refractivity contribution in [1.29, 1.82) is 0 Å². The van der Waals surface area contributed by atoms with Gasteiger partial charge in [-0.05, 0) is 17.7 Å². The molecule has 2 heterocycles. The molecule has 0 bridgehead atoms. The van der Waals surface area contributed by atoms with Gasteiger partial charge in [-0.1, -0.05) is 35.5 Å². The van der Waals surface area contributed by atoms with Gasteiger partial charge in [0.25, 0.3) is 5.89 Å². The Hall–Kier alpha value is -3.68. The summed E-state index contributed by atoms with van der Waals surface area (Å²) in [7, 11) is 1.59. The van der Waals surface area contributed by atoms with Crippen LogP contribution in [0.5, 0.6) is 11.5 Å². The van der Waals surface area contributed by atoms with E-state index in [-0.39, 0.29) is 0 Å². The second kappa shape index (κ2) is 7.69. The molecule has 136 valence electrons. The first-order valence-corrected chi connectivity index (χ1v) is 8.33. The molecule has 4 rings (SSSR count). The van der Waals surface area contributed by atoms with Crippen LogP contribution in [-0.2, 0) is 13.2 Å². The Labute approximate surface area is 155 Å². The Morgan fingerprint density at radius 2 is 1.96 bits per heavy atom. The van der Waals surface area contributed by atoms with Gasteiger partial charge in [0.1, 0.15) is 24.7 Å². The molecule has 0 fully saturated rings. The van der Waals surface area contributed by atoms with Gasteiger partial charge < -0.3 is 13.9 Å². The summed E-state index contributed by atoms with van der Waals surface area (Å²) in [4.78, 5) is 0. The van der Waals surface area contributed by atoms with E-state index in [1.54, 1.807) is 30.3 Å². The van der Waals surface area contributed by atoms with Gasteiger partial charge in [-0.3, -0.25) is 0 Å². The molecule has 0 unspecified atom stereocenters. The van der Waals surface area contributed by atoms with Crippen LogP contribution in [0.1, 0.15) is 11.5 Å². The molecule has 0 aliphatic rings. The molecule has 0 amide bonds. The molecule has 0 radical (unpaired) electrons. The second-order valence-corrected chi connectivity index (χ2v) is 5.74. The van der Waals surface area contributed by atoms with Gasteiger partial charge in [0, 0.05) is 12.3 Å². The van der Waals surface area contributed by atoms with Gasteiger partial charge in [0.2, 0.25) is 5.89 Å². The van der Waals surface area contributed by atoms with Crippen molar-refractivity contribution in [3.05, 3.63) is 72.4 Å². The van der Waals surface area contributed by atoms with Gasteiger partial charge >= 0.3 is 0 Å². The standard InChI is InChI=1S/C19H17N5O3/c1-25-17-11-15(26-13-14-5-3-2-4-6-14)7-8-16(17)19-22-21-18(27-19)12-24-10-9-20-23-24/h2-11H,12-13H2,1H3. The van der Waals surface area contributed by atoms with Crippen molar-refractivity contribution in [1.82, 2.24) is 25.2 Å². The lowest BCUT2D eigenvalue weighted by atomic mass is 10.2. The van der Waals surface area contributed by atoms with E-state index in [0.29, 0.717) is 42.0 Å². The number of nitrogens with zero attached hydrogens (tertiary/aromatic N) is 5. The zero-order valence-electron chi connectivity index (χ0n) is 14.6. The number of benzene rings is 2. The Morgan fingerprint density at radius 1 is 1.07 bits per heavy atom. The van der Waals surface area contributed by atoms with Crippen molar-refractivity contribution in [2.75, 3.05) is 7.11 Å². The molecule has 8 heteroatoms. The van der Waals surface area contributed by atoms with Crippen LogP contribution in [0, 0.1) is 0 Å². The lowest BCUT2D eigenvalue weighted by molar-refractivity contribution is 0.303. The van der Waals surface area contributed by atoms with Crippen LogP contribution in [0.2, 0.25) is 0 Å². The smallest absolute Gasteiger partial charge is 0.251 e. The SMILES string of the molecule is COc1cc(OCc2ccccc2)ccc1-c1nnc(Cn2ccnn2)o1. The maximum Gasteiger partial charge on any atom is 0.251 e. The molecule has 0 N–H and O–H groups in total. The molecular weight excluding hydrogens is 346 g/mol. The summed E-state index contributed by atoms with van der Waals surface area (Å²) < 4.78 is 18.6. The number of methoxy groups -OCH3 is 1. The molecule has 0 aliphatic carbocycles. The first-order chi connectivity index (χ1) is 13.3. The van der Waals surface area contributed by atoms with Crippen LogP contribution < -0.4 is 9.47 Å². The largest absolute Gasteiger partial charge is 0.496 e. The first-order valence-electron chi connectivity index (χ1n) is 8.33. The summed E-state index contributed by atoms with van der Waals surface area (Å²) in [5.41, 5.74) is 1.79. The van der Waals surface area contributed by atoms with Gasteiger partial charge in [-0.25, -0.2) is 4.68 Å². The highest BCUT2D eigenvalue weighted by Gasteiger charge is 2.15. The van der Waals surface area contributed by atoms with Gasteiger partial charge in [0.05, 0.1) is 18.9 Å². The van der Waals surface area contributed by atoms with Crippen molar-refractivity contribution in [2.24, 2.45) is 0 Å². The number of hydrogen-bond donors (Lipinski definition) is 0. The van der Waals surface area contributed by atoms with E-state index >= 15 is 0 Å². The molecular formula is C19H17N5O3. The van der Waals surface area contributed by atoms with E-state index < -0.39 is 0 Å². The minimum atomic E-state index is 0.355. The Morgan fingerprint density at radius 3 is 2.74 bits per heavy atom. The molecule has 0 saturated carbocycles. The van der Waals surface area contributed by atoms with Crippen LogP contribution in [0.3, 0.4) is 0 Å². The van der Waals surface area contributed by atoms with E-state index in [1.165, 1.54) is 0 Å². The van der Waals surface area contributed by atoms with E-state index in [9.17, 15) is 0 Å². The third kappa shape index (κ3) is 3.95. The Bertz CT molecular complexity index is 999. The molecule has 0 saturated heterocycles. The van der Waals surface area contributed by atoms with Crippen molar-refractivity contribution in [3.63, 3.8) is 0 Å². The highest BCUT2D eigenvalue weighted by Crippen LogP contribution is 2.32. The van der Waals surface area contributed by atoms with E-state index in [2.05, 4.69) is 20.5 Å². The fourth-order valence-electron chi connectivity index (χ4n) is 2.56. The predicted octanol–water partition coefficient (Wildman–Crippen LogP) is 2.96.